The minimum atomic E-state index is -3.64. The van der Waals surface area contributed by atoms with E-state index in [0.717, 1.165) is 75.6 Å². The lowest BCUT2D eigenvalue weighted by molar-refractivity contribution is 0.124. The van der Waals surface area contributed by atoms with Crippen molar-refractivity contribution in [2.24, 2.45) is 5.14 Å². The van der Waals surface area contributed by atoms with Gasteiger partial charge in [0.05, 0.1) is 0 Å². The molecule has 0 bridgehead atoms. The Morgan fingerprint density at radius 2 is 1.05 bits per heavy atom. The number of amides is 2. The number of fused-ring (bicyclic) bond motifs is 4. The highest BCUT2D eigenvalue weighted by atomic mass is 32.2. The number of aryl methyl sites for hydroxylation is 4. The Morgan fingerprint density at radius 3 is 1.48 bits per heavy atom. The van der Waals surface area contributed by atoms with Crippen LogP contribution in [0.3, 0.4) is 0 Å². The van der Waals surface area contributed by atoms with Crippen LogP contribution >= 0.6 is 0 Å². The standard InChI is InChI=1S/C21H29N3O3S.C13H13NO.C8H16N2O2S/c25-21(23-28(26,27)17-12-24(13-17)16-7-1-2-8-16)22-20-18-9-3-5-14(18)11-15-6-4-10-19(15)20;14-8-15-13-11-5-1-3-9(11)7-10-4-2-6-12(10)13;9-13(11,12)8-5-10(6-8)7-3-1-2-4-7/h11,16-17H,1-10,12-13H2,(H2,22,23,25);7H,1-6H2;7-8H,1-6H2,(H2,9,11,12). The summed E-state index contributed by atoms with van der Waals surface area (Å²) in [5.74, 6) is 0.903. The monoisotopic (exact) mass is 806 g/mol. The fourth-order valence-electron chi connectivity index (χ4n) is 10.7. The molecule has 6 aliphatic carbocycles. The lowest BCUT2D eigenvalue weighted by atomic mass is 9.99. The van der Waals surface area contributed by atoms with Crippen LogP contribution in [0.4, 0.5) is 10.5 Å². The third-order valence-corrected chi connectivity index (χ3v) is 16.7. The number of rotatable bonds is 7. The third-order valence-electron chi connectivity index (χ3n) is 13.9. The minimum absolute atomic E-state index is 0.298. The highest BCUT2D eigenvalue weighted by Gasteiger charge is 2.42. The zero-order chi connectivity index (χ0) is 39.0. The van der Waals surface area contributed by atoms with Crippen molar-refractivity contribution in [1.29, 1.82) is 5.26 Å². The maximum absolute atomic E-state index is 12.6. The number of urea groups is 1. The number of nitrogens with two attached hydrogens (primary N) is 1. The molecule has 2 aliphatic heterocycles. The average molecular weight is 807 g/mol. The molecule has 304 valence electrons. The molecular formula is C42H58N6O6S2. The lowest BCUT2D eigenvalue weighted by Gasteiger charge is -2.42. The van der Waals surface area contributed by atoms with E-state index in [9.17, 15) is 21.6 Å². The highest BCUT2D eigenvalue weighted by Crippen LogP contribution is 2.41. The van der Waals surface area contributed by atoms with E-state index >= 15 is 0 Å². The number of hydrogen-bond acceptors (Lipinski definition) is 9. The van der Waals surface area contributed by atoms with Gasteiger partial charge >= 0.3 is 6.03 Å². The smallest absolute Gasteiger partial charge is 0.332 e. The Hall–Kier alpha value is -3.22. The van der Waals surface area contributed by atoms with Gasteiger partial charge in [0.1, 0.15) is 16.2 Å². The number of hydrogen-bond donors (Lipinski definition) is 3. The van der Waals surface area contributed by atoms with Gasteiger partial charge in [0.2, 0.25) is 20.0 Å². The van der Waals surface area contributed by atoms with Crippen LogP contribution in [0.5, 0.6) is 5.75 Å². The summed E-state index contributed by atoms with van der Waals surface area (Å²) in [6.45, 7) is 2.40. The molecule has 2 amide bonds. The number of primary sulfonamides is 1. The van der Waals surface area contributed by atoms with Gasteiger partial charge in [-0.25, -0.2) is 31.5 Å². The number of anilines is 1. The van der Waals surface area contributed by atoms with E-state index in [1.54, 1.807) is 0 Å². The topological polar surface area (TPSA) is 175 Å². The van der Waals surface area contributed by atoms with Crippen LogP contribution in [-0.2, 0) is 71.4 Å². The quantitative estimate of drug-likeness (QED) is 0.319. The van der Waals surface area contributed by atoms with E-state index in [1.807, 2.05) is 6.26 Å². The van der Waals surface area contributed by atoms with Gasteiger partial charge in [-0.1, -0.05) is 37.8 Å². The molecule has 12 nitrogen and oxygen atoms in total. The number of nitriles is 1. The third kappa shape index (κ3) is 8.35. The van der Waals surface area contributed by atoms with E-state index < -0.39 is 31.3 Å². The molecule has 2 saturated heterocycles. The molecule has 2 heterocycles. The maximum Gasteiger partial charge on any atom is 0.332 e. The van der Waals surface area contributed by atoms with Crippen LogP contribution in [0.2, 0.25) is 0 Å². The van der Waals surface area contributed by atoms with Crippen molar-refractivity contribution in [3.05, 3.63) is 56.6 Å². The molecule has 0 radical (unpaired) electrons. The Balaban J connectivity index is 0.000000132. The van der Waals surface area contributed by atoms with Gasteiger partial charge in [-0.05, 0) is 147 Å². The van der Waals surface area contributed by atoms with Crippen molar-refractivity contribution in [3.8, 4) is 12.0 Å². The van der Waals surface area contributed by atoms with E-state index in [-0.39, 0.29) is 5.25 Å². The summed E-state index contributed by atoms with van der Waals surface area (Å²) in [4.78, 5) is 17.1. The second kappa shape index (κ2) is 16.6. The Bertz CT molecular complexity index is 2010. The summed E-state index contributed by atoms with van der Waals surface area (Å²) >= 11 is 0. The Labute approximate surface area is 333 Å². The van der Waals surface area contributed by atoms with Crippen LogP contribution in [0.1, 0.15) is 122 Å². The van der Waals surface area contributed by atoms with Crippen LogP contribution in [-0.4, -0.2) is 81.4 Å². The summed E-state index contributed by atoms with van der Waals surface area (Å²) in [7, 11) is -6.91. The molecule has 2 aromatic carbocycles. The van der Waals surface area contributed by atoms with E-state index in [2.05, 4.69) is 32.0 Å². The summed E-state index contributed by atoms with van der Waals surface area (Å²) in [6.07, 6.45) is 24.9. The first-order chi connectivity index (χ1) is 27.0. The molecule has 4 N–H and O–H groups in total. The van der Waals surface area contributed by atoms with Gasteiger partial charge in [-0.3, -0.25) is 9.80 Å². The summed E-state index contributed by atoms with van der Waals surface area (Å²) in [5, 5.41) is 15.9. The molecule has 4 fully saturated rings. The normalized spacial score (nSPS) is 22.4. The largest absolute Gasteiger partial charge is 0.387 e. The van der Waals surface area contributed by atoms with Crippen molar-refractivity contribution in [3.63, 3.8) is 0 Å². The molecule has 10 rings (SSSR count). The maximum atomic E-state index is 12.6. The van der Waals surface area contributed by atoms with Gasteiger partial charge in [0.15, 0.2) is 0 Å². The van der Waals surface area contributed by atoms with Crippen LogP contribution in [0.15, 0.2) is 12.1 Å². The molecule has 2 aromatic rings. The SMILES string of the molecule is N#COc1c2c(cc3c1CCC3)CCC2.NS(=O)(=O)C1CN(C2CCCC2)C1.O=C(Nc1c2c(cc3c1CCC3)CCC2)NS(=O)(=O)C1CN(C2CCCC2)C1. The first-order valence-electron chi connectivity index (χ1n) is 21.2. The van der Waals surface area contributed by atoms with Crippen LogP contribution < -0.4 is 19.9 Å². The molecule has 8 aliphatic rings. The Morgan fingerprint density at radius 1 is 0.643 bits per heavy atom. The number of nitrogens with zero attached hydrogens (tertiary/aromatic N) is 3. The second-order valence-electron chi connectivity index (χ2n) is 17.3. The number of likely N-dealkylation sites (tertiary alicyclic amines) is 2. The van der Waals surface area contributed by atoms with E-state index in [1.165, 1.54) is 109 Å². The van der Waals surface area contributed by atoms with Gasteiger partial charge in [0, 0.05) is 44.0 Å². The number of ether oxygens (including phenoxy) is 1. The summed E-state index contributed by atoms with van der Waals surface area (Å²) < 4.78 is 54.6. The zero-order valence-corrected chi connectivity index (χ0v) is 34.3. The number of nitrogens with one attached hydrogen (secondary N) is 2. The number of carbonyl (C=O) groups excluding carboxylic acids is 1. The number of sulfonamides is 2. The Kier molecular flexibility index (Phi) is 11.7. The molecule has 0 atom stereocenters. The minimum Gasteiger partial charge on any atom is -0.387 e. The van der Waals surface area contributed by atoms with Crippen molar-refractivity contribution < 1.29 is 26.4 Å². The van der Waals surface area contributed by atoms with Crippen molar-refractivity contribution in [2.45, 2.75) is 151 Å². The van der Waals surface area contributed by atoms with Crippen molar-refractivity contribution in [2.75, 3.05) is 31.5 Å². The molecule has 56 heavy (non-hydrogen) atoms. The summed E-state index contributed by atoms with van der Waals surface area (Å²) in [5.41, 5.74) is 11.4. The fraction of sp³-hybridized carbons (Fsp3) is 0.667. The predicted molar refractivity (Wildman–Crippen MR) is 217 cm³/mol. The van der Waals surface area contributed by atoms with Gasteiger partial charge in [-0.15, -0.1) is 5.26 Å². The summed E-state index contributed by atoms with van der Waals surface area (Å²) in [6, 6.07) is 5.22. The molecule has 0 spiro atoms. The first kappa shape index (κ1) is 39.6. The van der Waals surface area contributed by atoms with Crippen LogP contribution in [0, 0.1) is 11.5 Å². The number of carbonyl (C=O) groups is 1. The average Bonchev–Trinajstić information content (AvgIpc) is 3.94. The van der Waals surface area contributed by atoms with Crippen LogP contribution in [0.25, 0.3) is 0 Å². The second-order valence-corrected chi connectivity index (χ2v) is 21.1. The number of benzene rings is 2. The van der Waals surface area contributed by atoms with Gasteiger partial charge < -0.3 is 10.1 Å². The molecule has 14 heteroatoms. The van der Waals surface area contributed by atoms with Gasteiger partial charge in [0.25, 0.3) is 6.26 Å². The molecule has 0 aromatic heterocycles. The highest BCUT2D eigenvalue weighted by molar-refractivity contribution is 7.90. The van der Waals surface area contributed by atoms with E-state index in [4.69, 9.17) is 15.1 Å². The van der Waals surface area contributed by atoms with E-state index in [0.29, 0.717) is 38.3 Å². The first-order valence-corrected chi connectivity index (χ1v) is 24.4. The zero-order valence-electron chi connectivity index (χ0n) is 32.6. The molecular weight excluding hydrogens is 749 g/mol. The fourth-order valence-corrected chi connectivity index (χ4v) is 12.8. The van der Waals surface area contributed by atoms with Crippen molar-refractivity contribution in [1.82, 2.24) is 14.5 Å². The van der Waals surface area contributed by atoms with Crippen molar-refractivity contribution >= 4 is 31.8 Å². The predicted octanol–water partition coefficient (Wildman–Crippen LogP) is 5.17. The molecule has 2 saturated carbocycles. The van der Waals surface area contributed by atoms with Gasteiger partial charge in [-0.2, -0.15) is 0 Å². The lowest BCUT2D eigenvalue weighted by Crippen LogP contribution is -2.60. The molecule has 0 unspecified atom stereocenters.